The van der Waals surface area contributed by atoms with E-state index in [1.54, 1.807) is 20.0 Å². The van der Waals surface area contributed by atoms with Crippen molar-refractivity contribution in [2.45, 2.75) is 25.9 Å². The standard InChI is InChI=1S/C10H14N2O2/c1-10(2,9(13)14)12-7-8-5-3-4-6-11-8/h3-6,12H,7H2,1-2H3,(H,13,14). The molecule has 4 heteroatoms. The molecular formula is C10H14N2O2. The van der Waals surface area contributed by atoms with Gasteiger partial charge in [-0.3, -0.25) is 15.1 Å². The molecule has 0 radical (unpaired) electrons. The second-order valence-electron chi connectivity index (χ2n) is 3.60. The molecule has 0 saturated carbocycles. The molecule has 0 unspecified atom stereocenters. The molecule has 0 aliphatic carbocycles. The van der Waals surface area contributed by atoms with E-state index >= 15 is 0 Å². The number of carbonyl (C=O) groups is 1. The van der Waals surface area contributed by atoms with E-state index in [-0.39, 0.29) is 0 Å². The lowest BCUT2D eigenvalue weighted by Gasteiger charge is -2.20. The first-order valence-corrected chi connectivity index (χ1v) is 4.41. The summed E-state index contributed by atoms with van der Waals surface area (Å²) in [4.78, 5) is 14.8. The monoisotopic (exact) mass is 194 g/mol. The highest BCUT2D eigenvalue weighted by Crippen LogP contribution is 2.03. The Morgan fingerprint density at radius 3 is 2.79 bits per heavy atom. The number of carboxylic acids is 1. The highest BCUT2D eigenvalue weighted by molar-refractivity contribution is 5.77. The Bertz CT molecular complexity index is 309. The highest BCUT2D eigenvalue weighted by atomic mass is 16.4. The number of aromatic nitrogens is 1. The lowest BCUT2D eigenvalue weighted by molar-refractivity contribution is -0.143. The van der Waals surface area contributed by atoms with E-state index in [0.29, 0.717) is 6.54 Å². The Balaban J connectivity index is 2.53. The summed E-state index contributed by atoms with van der Waals surface area (Å²) in [6.07, 6.45) is 1.69. The van der Waals surface area contributed by atoms with Crippen molar-refractivity contribution in [3.8, 4) is 0 Å². The minimum Gasteiger partial charge on any atom is -0.480 e. The Morgan fingerprint density at radius 1 is 1.57 bits per heavy atom. The minimum absolute atomic E-state index is 0.458. The van der Waals surface area contributed by atoms with Gasteiger partial charge in [-0.25, -0.2) is 0 Å². The van der Waals surface area contributed by atoms with E-state index in [4.69, 9.17) is 5.11 Å². The Kier molecular flexibility index (Phi) is 3.19. The summed E-state index contributed by atoms with van der Waals surface area (Å²) < 4.78 is 0. The first-order chi connectivity index (χ1) is 6.52. The van der Waals surface area contributed by atoms with Gasteiger partial charge in [0.1, 0.15) is 5.54 Å². The Hall–Kier alpha value is -1.42. The van der Waals surface area contributed by atoms with Crippen molar-refractivity contribution in [3.63, 3.8) is 0 Å². The third-order valence-electron chi connectivity index (χ3n) is 1.97. The van der Waals surface area contributed by atoms with Crippen molar-refractivity contribution >= 4 is 5.97 Å². The summed E-state index contributed by atoms with van der Waals surface area (Å²) in [5.41, 5.74) is -0.0841. The van der Waals surface area contributed by atoms with Gasteiger partial charge in [0.05, 0.1) is 5.69 Å². The molecule has 4 nitrogen and oxygen atoms in total. The Morgan fingerprint density at radius 2 is 2.29 bits per heavy atom. The van der Waals surface area contributed by atoms with Crippen LogP contribution in [0.5, 0.6) is 0 Å². The third kappa shape index (κ3) is 2.81. The van der Waals surface area contributed by atoms with E-state index in [1.807, 2.05) is 18.2 Å². The first-order valence-electron chi connectivity index (χ1n) is 4.41. The molecule has 0 aromatic carbocycles. The van der Waals surface area contributed by atoms with Crippen LogP contribution in [-0.2, 0) is 11.3 Å². The fraction of sp³-hybridized carbons (Fsp3) is 0.400. The average Bonchev–Trinajstić information content (AvgIpc) is 2.16. The van der Waals surface area contributed by atoms with Crippen LogP contribution in [0, 0.1) is 0 Å². The van der Waals surface area contributed by atoms with E-state index in [2.05, 4.69) is 10.3 Å². The zero-order chi connectivity index (χ0) is 10.6. The molecule has 0 aliphatic rings. The maximum absolute atomic E-state index is 10.8. The van der Waals surface area contributed by atoms with Crippen molar-refractivity contribution in [1.29, 1.82) is 0 Å². The number of nitrogens with one attached hydrogen (secondary N) is 1. The fourth-order valence-corrected chi connectivity index (χ4v) is 0.890. The van der Waals surface area contributed by atoms with Crippen LogP contribution in [0.4, 0.5) is 0 Å². The summed E-state index contributed by atoms with van der Waals surface area (Å²) in [6, 6.07) is 5.55. The molecule has 1 aromatic heterocycles. The van der Waals surface area contributed by atoms with Crippen LogP contribution >= 0.6 is 0 Å². The number of aliphatic carboxylic acids is 1. The van der Waals surface area contributed by atoms with E-state index in [1.165, 1.54) is 0 Å². The highest BCUT2D eigenvalue weighted by Gasteiger charge is 2.25. The van der Waals surface area contributed by atoms with Gasteiger partial charge >= 0.3 is 5.97 Å². The van der Waals surface area contributed by atoms with Crippen molar-refractivity contribution < 1.29 is 9.90 Å². The minimum atomic E-state index is -0.919. The first kappa shape index (κ1) is 10.7. The SMILES string of the molecule is CC(C)(NCc1ccccn1)C(=O)O. The van der Waals surface area contributed by atoms with Crippen LogP contribution in [0.15, 0.2) is 24.4 Å². The average molecular weight is 194 g/mol. The summed E-state index contributed by atoms with van der Waals surface area (Å²) in [5, 5.41) is 11.7. The molecule has 1 rings (SSSR count). The number of hydrogen-bond acceptors (Lipinski definition) is 3. The van der Waals surface area contributed by atoms with Crippen LogP contribution in [-0.4, -0.2) is 21.6 Å². The van der Waals surface area contributed by atoms with Gasteiger partial charge in [0.2, 0.25) is 0 Å². The number of rotatable bonds is 4. The lowest BCUT2D eigenvalue weighted by Crippen LogP contribution is -2.46. The van der Waals surface area contributed by atoms with E-state index < -0.39 is 11.5 Å². The van der Waals surface area contributed by atoms with Gasteiger partial charge in [-0.2, -0.15) is 0 Å². The van der Waals surface area contributed by atoms with Crippen molar-refractivity contribution in [2.24, 2.45) is 0 Å². The quantitative estimate of drug-likeness (QED) is 0.751. The van der Waals surface area contributed by atoms with Gasteiger partial charge < -0.3 is 5.11 Å². The van der Waals surface area contributed by atoms with E-state index in [0.717, 1.165) is 5.69 Å². The van der Waals surface area contributed by atoms with Gasteiger partial charge in [-0.15, -0.1) is 0 Å². The molecule has 0 aliphatic heterocycles. The number of hydrogen-bond donors (Lipinski definition) is 2. The number of carboxylic acid groups (broad SMARTS) is 1. The maximum Gasteiger partial charge on any atom is 0.323 e. The molecule has 0 amide bonds. The second-order valence-corrected chi connectivity index (χ2v) is 3.60. The summed E-state index contributed by atoms with van der Waals surface area (Å²) in [5.74, 6) is -0.867. The van der Waals surface area contributed by atoms with E-state index in [9.17, 15) is 4.79 Å². The van der Waals surface area contributed by atoms with Crippen LogP contribution in [0.1, 0.15) is 19.5 Å². The smallest absolute Gasteiger partial charge is 0.323 e. The molecule has 0 saturated heterocycles. The van der Waals surface area contributed by atoms with Gasteiger partial charge in [-0.1, -0.05) is 6.07 Å². The summed E-state index contributed by atoms with van der Waals surface area (Å²) in [6.45, 7) is 3.71. The molecular weight excluding hydrogens is 180 g/mol. The molecule has 0 spiro atoms. The molecule has 0 bridgehead atoms. The number of pyridine rings is 1. The topological polar surface area (TPSA) is 62.2 Å². The van der Waals surface area contributed by atoms with Crippen LogP contribution in [0.2, 0.25) is 0 Å². The largest absolute Gasteiger partial charge is 0.480 e. The number of nitrogens with zero attached hydrogens (tertiary/aromatic N) is 1. The van der Waals surface area contributed by atoms with Crippen LogP contribution in [0.25, 0.3) is 0 Å². The summed E-state index contributed by atoms with van der Waals surface area (Å²) in [7, 11) is 0. The fourth-order valence-electron chi connectivity index (χ4n) is 0.890. The van der Waals surface area contributed by atoms with Crippen LogP contribution < -0.4 is 5.32 Å². The molecule has 1 heterocycles. The van der Waals surface area contributed by atoms with Crippen molar-refractivity contribution in [3.05, 3.63) is 30.1 Å². The predicted molar refractivity (Wildman–Crippen MR) is 52.8 cm³/mol. The van der Waals surface area contributed by atoms with Crippen molar-refractivity contribution in [2.75, 3.05) is 0 Å². The molecule has 1 aromatic rings. The summed E-state index contributed by atoms with van der Waals surface area (Å²) >= 11 is 0. The predicted octanol–water partition coefficient (Wildman–Crippen LogP) is 1.03. The lowest BCUT2D eigenvalue weighted by atomic mass is 10.1. The normalized spacial score (nSPS) is 11.3. The van der Waals surface area contributed by atoms with Gasteiger partial charge in [0.15, 0.2) is 0 Å². The molecule has 0 atom stereocenters. The molecule has 0 fully saturated rings. The maximum atomic E-state index is 10.8. The van der Waals surface area contributed by atoms with Crippen LogP contribution in [0.3, 0.4) is 0 Å². The Labute approximate surface area is 83.0 Å². The molecule has 2 N–H and O–H groups in total. The van der Waals surface area contributed by atoms with Gasteiger partial charge in [0.25, 0.3) is 0 Å². The third-order valence-corrected chi connectivity index (χ3v) is 1.97. The molecule has 14 heavy (non-hydrogen) atoms. The molecule has 76 valence electrons. The zero-order valence-electron chi connectivity index (χ0n) is 8.32. The van der Waals surface area contributed by atoms with Crippen molar-refractivity contribution in [1.82, 2.24) is 10.3 Å². The van der Waals surface area contributed by atoms with Gasteiger partial charge in [-0.05, 0) is 26.0 Å². The van der Waals surface area contributed by atoms with Gasteiger partial charge in [0, 0.05) is 12.7 Å². The zero-order valence-corrected chi connectivity index (χ0v) is 8.32. The second kappa shape index (κ2) is 4.19.